The Labute approximate surface area is 222 Å². The van der Waals surface area contributed by atoms with E-state index in [1.54, 1.807) is 13.2 Å². The number of hydrogen-bond donors (Lipinski definition) is 1. The molecule has 2 heterocycles. The largest absolute Gasteiger partial charge is 0.493 e. The van der Waals surface area contributed by atoms with Gasteiger partial charge in [0.05, 0.1) is 24.0 Å². The standard InChI is InChI=1S/C23H25ClN4O4S3/c1-31-17-11-14(7-8-16(17)32-15-5-3-2-4-6-15)12-18-21(30)28(23(33)34-18)10-9-19(29)25-22-27-26-20(13-24)35-22/h7-8,11-12,15H,2-6,9-10,13H2,1H3,(H,25,27,29)/b18-12-. The molecule has 0 spiro atoms. The van der Waals surface area contributed by atoms with Gasteiger partial charge >= 0.3 is 0 Å². The highest BCUT2D eigenvalue weighted by Crippen LogP contribution is 2.36. The Morgan fingerprint density at radius 1 is 1.29 bits per heavy atom. The lowest BCUT2D eigenvalue weighted by Crippen LogP contribution is -2.31. The molecule has 2 aromatic rings. The van der Waals surface area contributed by atoms with Gasteiger partial charge < -0.3 is 14.8 Å². The summed E-state index contributed by atoms with van der Waals surface area (Å²) in [7, 11) is 1.61. The van der Waals surface area contributed by atoms with Crippen LogP contribution in [0, 0.1) is 0 Å². The van der Waals surface area contributed by atoms with Crippen LogP contribution >= 0.6 is 46.9 Å². The zero-order chi connectivity index (χ0) is 24.8. The van der Waals surface area contributed by atoms with Crippen molar-refractivity contribution in [1.29, 1.82) is 0 Å². The molecule has 0 atom stereocenters. The average molecular weight is 553 g/mol. The highest BCUT2D eigenvalue weighted by atomic mass is 35.5. The van der Waals surface area contributed by atoms with Crippen molar-refractivity contribution in [2.75, 3.05) is 19.0 Å². The molecule has 1 N–H and O–H groups in total. The summed E-state index contributed by atoms with van der Waals surface area (Å²) in [5.74, 6) is 1.07. The number of alkyl halides is 1. The Morgan fingerprint density at radius 3 is 2.80 bits per heavy atom. The van der Waals surface area contributed by atoms with Crippen molar-refractivity contribution in [3.8, 4) is 11.5 Å². The summed E-state index contributed by atoms with van der Waals surface area (Å²) >= 11 is 13.5. The van der Waals surface area contributed by atoms with E-state index in [1.807, 2.05) is 18.2 Å². The minimum absolute atomic E-state index is 0.0799. The number of benzene rings is 1. The second-order valence-corrected chi connectivity index (χ2v) is 11.1. The van der Waals surface area contributed by atoms with E-state index in [4.69, 9.17) is 33.3 Å². The van der Waals surface area contributed by atoms with E-state index in [9.17, 15) is 9.59 Å². The van der Waals surface area contributed by atoms with E-state index in [0.29, 0.717) is 30.9 Å². The fourth-order valence-electron chi connectivity index (χ4n) is 3.83. The molecule has 0 unspecified atom stereocenters. The van der Waals surface area contributed by atoms with Crippen LogP contribution in [0.4, 0.5) is 5.13 Å². The van der Waals surface area contributed by atoms with Crippen LogP contribution in [-0.2, 0) is 15.5 Å². The number of aromatic nitrogens is 2. The van der Waals surface area contributed by atoms with Gasteiger partial charge in [0.2, 0.25) is 11.0 Å². The maximum absolute atomic E-state index is 12.9. The molecule has 1 aromatic heterocycles. The topological polar surface area (TPSA) is 93.6 Å². The van der Waals surface area contributed by atoms with Crippen molar-refractivity contribution in [2.45, 2.75) is 50.5 Å². The van der Waals surface area contributed by atoms with Crippen LogP contribution in [0.5, 0.6) is 11.5 Å². The predicted octanol–water partition coefficient (Wildman–Crippen LogP) is 5.23. The maximum Gasteiger partial charge on any atom is 0.266 e. The van der Waals surface area contributed by atoms with Crippen LogP contribution in [0.25, 0.3) is 6.08 Å². The van der Waals surface area contributed by atoms with Crippen LogP contribution in [0.1, 0.15) is 49.1 Å². The SMILES string of the molecule is COc1cc(/C=C2\SC(=S)N(CCC(=O)Nc3nnc(CCl)s3)C2=O)ccc1OC1CCCCC1. The summed E-state index contributed by atoms with van der Waals surface area (Å²) in [5, 5.41) is 11.4. The summed E-state index contributed by atoms with van der Waals surface area (Å²) in [5.41, 5.74) is 0.808. The molecule has 1 saturated heterocycles. The lowest BCUT2D eigenvalue weighted by atomic mass is 9.98. The lowest BCUT2D eigenvalue weighted by Gasteiger charge is -2.24. The third-order valence-corrected chi connectivity index (χ3v) is 8.22. The molecule has 35 heavy (non-hydrogen) atoms. The van der Waals surface area contributed by atoms with Gasteiger partial charge in [0.25, 0.3) is 5.91 Å². The molecule has 2 amide bonds. The first kappa shape index (κ1) is 25.9. The molecule has 0 radical (unpaired) electrons. The van der Waals surface area contributed by atoms with E-state index < -0.39 is 0 Å². The summed E-state index contributed by atoms with van der Waals surface area (Å²) in [6, 6.07) is 5.64. The number of nitrogens with zero attached hydrogens (tertiary/aromatic N) is 3. The first-order chi connectivity index (χ1) is 17.0. The van der Waals surface area contributed by atoms with Gasteiger partial charge in [-0.3, -0.25) is 14.5 Å². The molecule has 2 aliphatic rings. The molecule has 1 aliphatic heterocycles. The summed E-state index contributed by atoms with van der Waals surface area (Å²) in [4.78, 5) is 27.1. The van der Waals surface area contributed by atoms with Crippen LogP contribution in [-0.4, -0.2) is 51.0 Å². The molecule has 8 nitrogen and oxygen atoms in total. The Morgan fingerprint density at radius 2 is 2.09 bits per heavy atom. The number of anilines is 1. The quantitative estimate of drug-likeness (QED) is 0.257. The second kappa shape index (κ2) is 12.2. The molecular formula is C23H25ClN4O4S3. The molecule has 1 aliphatic carbocycles. The van der Waals surface area contributed by atoms with Gasteiger partial charge in [0.1, 0.15) is 9.33 Å². The molecule has 12 heteroatoms. The van der Waals surface area contributed by atoms with Gasteiger partial charge in [-0.1, -0.05) is 47.8 Å². The molecule has 4 rings (SSSR count). The third kappa shape index (κ3) is 6.72. The Bertz CT molecular complexity index is 1130. The number of thioether (sulfide) groups is 1. The number of amides is 2. The summed E-state index contributed by atoms with van der Waals surface area (Å²) in [6.45, 7) is 0.173. The number of halogens is 1. The van der Waals surface area contributed by atoms with Gasteiger partial charge in [0.15, 0.2) is 11.5 Å². The van der Waals surface area contributed by atoms with Crippen LogP contribution in [0.2, 0.25) is 0 Å². The molecule has 0 bridgehead atoms. The highest BCUT2D eigenvalue weighted by Gasteiger charge is 2.32. The van der Waals surface area contributed by atoms with E-state index >= 15 is 0 Å². The maximum atomic E-state index is 12.9. The van der Waals surface area contributed by atoms with Gasteiger partial charge in [-0.25, -0.2) is 0 Å². The third-order valence-electron chi connectivity index (χ3n) is 5.59. The number of rotatable bonds is 9. The minimum atomic E-state index is -0.279. The Balaban J connectivity index is 1.37. The number of carbonyl (C=O) groups excluding carboxylic acids is 2. The number of hydrogen-bond acceptors (Lipinski definition) is 9. The number of nitrogens with one attached hydrogen (secondary N) is 1. The van der Waals surface area contributed by atoms with Crippen LogP contribution in [0.3, 0.4) is 0 Å². The number of ether oxygens (including phenoxy) is 2. The summed E-state index contributed by atoms with van der Waals surface area (Å²) in [6.07, 6.45) is 7.82. The first-order valence-corrected chi connectivity index (χ1v) is 13.8. The lowest BCUT2D eigenvalue weighted by molar-refractivity contribution is -0.122. The van der Waals surface area contributed by atoms with Crippen molar-refractivity contribution in [1.82, 2.24) is 15.1 Å². The van der Waals surface area contributed by atoms with E-state index in [0.717, 1.165) is 18.4 Å². The molecule has 186 valence electrons. The minimum Gasteiger partial charge on any atom is -0.493 e. The van der Waals surface area contributed by atoms with E-state index in [-0.39, 0.29) is 36.8 Å². The van der Waals surface area contributed by atoms with Crippen molar-refractivity contribution in [3.05, 3.63) is 33.7 Å². The van der Waals surface area contributed by atoms with Gasteiger partial charge in [-0.05, 0) is 49.5 Å². The smallest absolute Gasteiger partial charge is 0.266 e. The molecule has 1 aromatic carbocycles. The number of carbonyl (C=O) groups is 2. The first-order valence-electron chi connectivity index (χ1n) is 11.2. The van der Waals surface area contributed by atoms with Gasteiger partial charge in [-0.15, -0.1) is 21.8 Å². The average Bonchev–Trinajstić information content (AvgIpc) is 3.42. The summed E-state index contributed by atoms with van der Waals surface area (Å²) < 4.78 is 12.1. The normalized spacial score (nSPS) is 17.8. The van der Waals surface area contributed by atoms with E-state index in [1.165, 1.54) is 47.3 Å². The fraction of sp³-hybridized carbons (Fsp3) is 0.435. The second-order valence-electron chi connectivity index (χ2n) is 8.05. The van der Waals surface area contributed by atoms with Crippen LogP contribution < -0.4 is 14.8 Å². The monoisotopic (exact) mass is 552 g/mol. The van der Waals surface area contributed by atoms with Crippen molar-refractivity contribution < 1.29 is 19.1 Å². The van der Waals surface area contributed by atoms with Crippen molar-refractivity contribution >= 4 is 74.3 Å². The van der Waals surface area contributed by atoms with E-state index in [2.05, 4.69) is 15.5 Å². The highest BCUT2D eigenvalue weighted by molar-refractivity contribution is 8.26. The van der Waals surface area contributed by atoms with Crippen molar-refractivity contribution in [2.24, 2.45) is 0 Å². The van der Waals surface area contributed by atoms with Crippen LogP contribution in [0.15, 0.2) is 23.1 Å². The molecule has 1 saturated carbocycles. The zero-order valence-corrected chi connectivity index (χ0v) is 22.3. The number of methoxy groups -OCH3 is 1. The van der Waals surface area contributed by atoms with Gasteiger partial charge in [-0.2, -0.15) is 0 Å². The Hall–Kier alpha value is -2.21. The number of thiocarbonyl (C=S) groups is 1. The Kier molecular flexibility index (Phi) is 8.99. The molecule has 2 fully saturated rings. The van der Waals surface area contributed by atoms with Gasteiger partial charge in [0, 0.05) is 13.0 Å². The predicted molar refractivity (Wildman–Crippen MR) is 143 cm³/mol. The fourth-order valence-corrected chi connectivity index (χ4v) is 5.96. The molecular weight excluding hydrogens is 528 g/mol. The van der Waals surface area contributed by atoms with Crippen molar-refractivity contribution in [3.63, 3.8) is 0 Å². The zero-order valence-electron chi connectivity index (χ0n) is 19.1.